The van der Waals surface area contributed by atoms with Crippen LogP contribution in [0.25, 0.3) is 0 Å². The van der Waals surface area contributed by atoms with E-state index in [9.17, 15) is 9.59 Å². The number of benzene rings is 2. The number of aromatic nitrogens is 2. The van der Waals surface area contributed by atoms with Gasteiger partial charge in [-0.1, -0.05) is 34.9 Å². The highest BCUT2D eigenvalue weighted by atomic mass is 35.5. The van der Waals surface area contributed by atoms with E-state index in [0.29, 0.717) is 29.6 Å². The Labute approximate surface area is 184 Å². The van der Waals surface area contributed by atoms with E-state index in [4.69, 9.17) is 20.8 Å². The fourth-order valence-corrected chi connectivity index (χ4v) is 3.64. The number of nitrogens with zero attached hydrogens (tertiary/aromatic N) is 3. The number of amides is 2. The molecule has 3 aromatic rings. The molecule has 1 N–H and O–H groups in total. The minimum Gasteiger partial charge on any atom is -0.494 e. The normalized spacial score (nSPS) is 15.9. The number of nitrogens with one attached hydrogen (secondary N) is 1. The molecule has 0 aliphatic carbocycles. The van der Waals surface area contributed by atoms with E-state index < -0.39 is 0 Å². The number of hydrogen-bond donors (Lipinski definition) is 1. The van der Waals surface area contributed by atoms with Gasteiger partial charge in [-0.3, -0.25) is 14.9 Å². The summed E-state index contributed by atoms with van der Waals surface area (Å²) < 4.78 is 11.0. The summed E-state index contributed by atoms with van der Waals surface area (Å²) in [6.45, 7) is 2.92. The van der Waals surface area contributed by atoms with E-state index in [1.54, 1.807) is 23.1 Å². The fraction of sp³-hybridized carbons (Fsp3) is 0.273. The first-order valence-electron chi connectivity index (χ1n) is 9.93. The topological polar surface area (TPSA) is 97.6 Å². The molecule has 0 spiro atoms. The second kappa shape index (κ2) is 9.18. The van der Waals surface area contributed by atoms with E-state index in [2.05, 4.69) is 15.5 Å². The molecule has 1 aliphatic heterocycles. The maximum Gasteiger partial charge on any atom is 0.322 e. The number of carbonyl (C=O) groups is 2. The van der Waals surface area contributed by atoms with Gasteiger partial charge in [0.05, 0.1) is 18.9 Å². The summed E-state index contributed by atoms with van der Waals surface area (Å²) in [6.07, 6.45) is 0.341. The predicted molar refractivity (Wildman–Crippen MR) is 115 cm³/mol. The first kappa shape index (κ1) is 20.9. The van der Waals surface area contributed by atoms with Gasteiger partial charge in [0, 0.05) is 23.7 Å². The van der Waals surface area contributed by atoms with Crippen molar-refractivity contribution in [1.82, 2.24) is 10.2 Å². The Hall–Kier alpha value is -3.39. The van der Waals surface area contributed by atoms with Crippen molar-refractivity contribution in [1.29, 1.82) is 0 Å². The summed E-state index contributed by atoms with van der Waals surface area (Å²) >= 11 is 6.09. The predicted octanol–water partition coefficient (Wildman–Crippen LogP) is 3.82. The zero-order valence-electron chi connectivity index (χ0n) is 16.9. The Kier molecular flexibility index (Phi) is 6.18. The molecule has 1 atom stereocenters. The highest BCUT2D eigenvalue weighted by Crippen LogP contribution is 2.32. The lowest BCUT2D eigenvalue weighted by Gasteiger charge is -2.16. The molecule has 1 fully saturated rings. The van der Waals surface area contributed by atoms with Crippen molar-refractivity contribution in [3.8, 4) is 5.75 Å². The van der Waals surface area contributed by atoms with Gasteiger partial charge < -0.3 is 14.1 Å². The average Bonchev–Trinajstić information content (AvgIpc) is 3.37. The molecule has 1 aromatic heterocycles. The van der Waals surface area contributed by atoms with Gasteiger partial charge in [-0.15, -0.1) is 5.10 Å². The number of halogens is 1. The van der Waals surface area contributed by atoms with Crippen LogP contribution in [0, 0.1) is 0 Å². The van der Waals surface area contributed by atoms with Crippen LogP contribution in [0.2, 0.25) is 5.02 Å². The lowest BCUT2D eigenvalue weighted by atomic mass is 10.1. The molecule has 2 aromatic carbocycles. The maximum atomic E-state index is 12.5. The van der Waals surface area contributed by atoms with Gasteiger partial charge in [0.15, 0.2) is 0 Å². The Morgan fingerprint density at radius 1 is 1.23 bits per heavy atom. The zero-order chi connectivity index (χ0) is 21.8. The van der Waals surface area contributed by atoms with Gasteiger partial charge in [-0.2, -0.15) is 0 Å². The molecule has 0 radical (unpaired) electrons. The summed E-state index contributed by atoms with van der Waals surface area (Å²) in [4.78, 5) is 26.4. The number of rotatable bonds is 7. The van der Waals surface area contributed by atoms with Crippen LogP contribution in [0.15, 0.2) is 52.9 Å². The molecular formula is C22H21ClN4O4. The standard InChI is InChI=1S/C22H21ClN4O4/c1-2-30-17-9-7-16(8-10-17)27-13-15(12-20(27)29)21-25-26-22(31-21)24-19(28)11-14-5-3-4-6-18(14)23/h3-10,15H,2,11-13H2,1H3,(H,24,26,28)/t15-/m1/s1. The van der Waals surface area contributed by atoms with Crippen molar-refractivity contribution in [2.75, 3.05) is 23.4 Å². The third-order valence-corrected chi connectivity index (χ3v) is 5.30. The molecular weight excluding hydrogens is 420 g/mol. The lowest BCUT2D eigenvalue weighted by molar-refractivity contribution is -0.117. The minimum absolute atomic E-state index is 0.000908. The number of hydrogen-bond acceptors (Lipinski definition) is 6. The molecule has 31 heavy (non-hydrogen) atoms. The minimum atomic E-state index is -0.318. The van der Waals surface area contributed by atoms with Crippen LogP contribution < -0.4 is 15.0 Å². The van der Waals surface area contributed by atoms with Crippen molar-refractivity contribution in [2.45, 2.75) is 25.7 Å². The van der Waals surface area contributed by atoms with Crippen molar-refractivity contribution in [2.24, 2.45) is 0 Å². The molecule has 2 amide bonds. The molecule has 4 rings (SSSR count). The van der Waals surface area contributed by atoms with Crippen LogP contribution in [0.1, 0.15) is 30.7 Å². The van der Waals surface area contributed by atoms with Crippen molar-refractivity contribution >= 4 is 35.1 Å². The van der Waals surface area contributed by atoms with Crippen LogP contribution in [0.3, 0.4) is 0 Å². The summed E-state index contributed by atoms with van der Waals surface area (Å²) in [5.74, 6) is 0.470. The quantitative estimate of drug-likeness (QED) is 0.599. The van der Waals surface area contributed by atoms with Gasteiger partial charge >= 0.3 is 6.01 Å². The molecule has 160 valence electrons. The van der Waals surface area contributed by atoms with E-state index in [0.717, 1.165) is 11.4 Å². The van der Waals surface area contributed by atoms with Crippen LogP contribution in [-0.4, -0.2) is 35.2 Å². The average molecular weight is 441 g/mol. The summed E-state index contributed by atoms with van der Waals surface area (Å²) in [5.41, 5.74) is 1.48. The Bertz CT molecular complexity index is 1080. The van der Waals surface area contributed by atoms with Crippen molar-refractivity contribution in [3.05, 3.63) is 65.0 Å². The van der Waals surface area contributed by atoms with Gasteiger partial charge in [0.2, 0.25) is 17.7 Å². The molecule has 8 nitrogen and oxygen atoms in total. The second-order valence-electron chi connectivity index (χ2n) is 7.09. The number of carbonyl (C=O) groups excluding carboxylic acids is 2. The van der Waals surface area contributed by atoms with Crippen LogP contribution in [0.5, 0.6) is 5.75 Å². The Morgan fingerprint density at radius 3 is 2.74 bits per heavy atom. The summed E-state index contributed by atoms with van der Waals surface area (Å²) in [7, 11) is 0. The smallest absolute Gasteiger partial charge is 0.322 e. The number of anilines is 2. The third-order valence-electron chi connectivity index (χ3n) is 4.93. The molecule has 1 aliphatic rings. The van der Waals surface area contributed by atoms with Crippen molar-refractivity contribution < 1.29 is 18.7 Å². The van der Waals surface area contributed by atoms with Crippen LogP contribution >= 0.6 is 11.6 Å². The van der Waals surface area contributed by atoms with Gasteiger partial charge in [-0.25, -0.2) is 0 Å². The Morgan fingerprint density at radius 2 is 2.00 bits per heavy atom. The lowest BCUT2D eigenvalue weighted by Crippen LogP contribution is -2.24. The van der Waals surface area contributed by atoms with E-state index in [1.165, 1.54) is 0 Å². The first-order chi connectivity index (χ1) is 15.0. The monoisotopic (exact) mass is 440 g/mol. The third kappa shape index (κ3) is 4.86. The Balaban J connectivity index is 1.38. The van der Waals surface area contributed by atoms with Gasteiger partial charge in [0.25, 0.3) is 0 Å². The largest absolute Gasteiger partial charge is 0.494 e. The highest BCUT2D eigenvalue weighted by molar-refractivity contribution is 6.31. The first-order valence-corrected chi connectivity index (χ1v) is 10.3. The number of ether oxygens (including phenoxy) is 1. The summed E-state index contributed by atoms with van der Waals surface area (Å²) in [6, 6.07) is 14.5. The maximum absolute atomic E-state index is 12.5. The van der Waals surface area contributed by atoms with Crippen molar-refractivity contribution in [3.63, 3.8) is 0 Å². The van der Waals surface area contributed by atoms with Crippen LogP contribution in [0.4, 0.5) is 11.7 Å². The molecule has 2 heterocycles. The molecule has 1 saturated heterocycles. The SMILES string of the molecule is CCOc1ccc(N2C[C@H](c3nnc(NC(=O)Cc4ccccc4Cl)o3)CC2=O)cc1. The van der Waals surface area contributed by atoms with Gasteiger partial charge in [0.1, 0.15) is 5.75 Å². The molecule has 0 unspecified atom stereocenters. The zero-order valence-corrected chi connectivity index (χ0v) is 17.6. The van der Waals surface area contributed by atoms with Crippen LogP contribution in [-0.2, 0) is 16.0 Å². The molecule has 0 bridgehead atoms. The van der Waals surface area contributed by atoms with E-state index >= 15 is 0 Å². The second-order valence-corrected chi connectivity index (χ2v) is 7.50. The fourth-order valence-electron chi connectivity index (χ4n) is 3.44. The van der Waals surface area contributed by atoms with E-state index in [1.807, 2.05) is 37.3 Å². The molecule has 0 saturated carbocycles. The highest BCUT2D eigenvalue weighted by Gasteiger charge is 2.35. The molecule has 9 heteroatoms. The summed E-state index contributed by atoms with van der Waals surface area (Å²) in [5, 5.41) is 11.0. The van der Waals surface area contributed by atoms with Gasteiger partial charge in [-0.05, 0) is 42.8 Å². The van der Waals surface area contributed by atoms with E-state index in [-0.39, 0.29) is 36.6 Å².